The summed E-state index contributed by atoms with van der Waals surface area (Å²) in [6, 6.07) is 0.804. The Hall–Kier alpha value is -0.120. The van der Waals surface area contributed by atoms with Crippen LogP contribution in [0, 0.1) is 5.41 Å². The maximum absolute atomic E-state index is 5.78. The predicted octanol–water partition coefficient (Wildman–Crippen LogP) is 2.66. The van der Waals surface area contributed by atoms with E-state index in [0.717, 1.165) is 25.8 Å². The SMILES string of the molecule is CNCC1(CN(C)C2CCCCCC2)CCCOC1. The molecule has 2 fully saturated rings. The summed E-state index contributed by atoms with van der Waals surface area (Å²) in [4.78, 5) is 2.64. The molecule has 112 valence electrons. The van der Waals surface area contributed by atoms with Gasteiger partial charge in [0.05, 0.1) is 6.61 Å². The van der Waals surface area contributed by atoms with E-state index in [1.165, 1.54) is 57.9 Å². The van der Waals surface area contributed by atoms with Crippen molar-refractivity contribution in [1.82, 2.24) is 10.2 Å². The van der Waals surface area contributed by atoms with Crippen molar-refractivity contribution in [2.45, 2.75) is 57.4 Å². The minimum atomic E-state index is 0.341. The van der Waals surface area contributed by atoms with Gasteiger partial charge in [0.25, 0.3) is 0 Å². The van der Waals surface area contributed by atoms with Gasteiger partial charge in [0.1, 0.15) is 0 Å². The molecule has 3 heteroatoms. The lowest BCUT2D eigenvalue weighted by Gasteiger charge is -2.42. The average Bonchev–Trinajstić information content (AvgIpc) is 2.69. The first-order chi connectivity index (χ1) is 9.26. The van der Waals surface area contributed by atoms with E-state index < -0.39 is 0 Å². The summed E-state index contributed by atoms with van der Waals surface area (Å²) in [5, 5.41) is 3.39. The molecule has 0 aromatic carbocycles. The predicted molar refractivity (Wildman–Crippen MR) is 80.5 cm³/mol. The molecule has 0 radical (unpaired) electrons. The molecule has 2 aliphatic rings. The fourth-order valence-corrected chi connectivity index (χ4v) is 3.96. The number of nitrogens with zero attached hydrogens (tertiary/aromatic N) is 1. The largest absolute Gasteiger partial charge is 0.381 e. The van der Waals surface area contributed by atoms with E-state index in [-0.39, 0.29) is 0 Å². The Kier molecular flexibility index (Phi) is 6.11. The van der Waals surface area contributed by atoms with Crippen LogP contribution in [0.2, 0.25) is 0 Å². The van der Waals surface area contributed by atoms with Crippen LogP contribution in [0.25, 0.3) is 0 Å². The van der Waals surface area contributed by atoms with E-state index in [4.69, 9.17) is 4.74 Å². The van der Waals surface area contributed by atoms with Gasteiger partial charge in [-0.3, -0.25) is 0 Å². The minimum absolute atomic E-state index is 0.341. The third-order valence-corrected chi connectivity index (χ3v) is 4.99. The van der Waals surface area contributed by atoms with Crippen molar-refractivity contribution < 1.29 is 4.74 Å². The van der Waals surface area contributed by atoms with Crippen molar-refractivity contribution in [3.63, 3.8) is 0 Å². The van der Waals surface area contributed by atoms with Crippen LogP contribution in [-0.4, -0.2) is 51.3 Å². The molecule has 1 atom stereocenters. The smallest absolute Gasteiger partial charge is 0.0546 e. The van der Waals surface area contributed by atoms with E-state index >= 15 is 0 Å². The van der Waals surface area contributed by atoms with Crippen molar-refractivity contribution in [2.75, 3.05) is 40.4 Å². The van der Waals surface area contributed by atoms with Gasteiger partial charge in [-0.15, -0.1) is 0 Å². The normalized spacial score (nSPS) is 30.5. The van der Waals surface area contributed by atoms with Crippen LogP contribution in [-0.2, 0) is 4.74 Å². The van der Waals surface area contributed by atoms with Crippen LogP contribution in [0.15, 0.2) is 0 Å². The van der Waals surface area contributed by atoms with Gasteiger partial charge in [0, 0.05) is 31.2 Å². The molecule has 0 bridgehead atoms. The molecule has 1 saturated carbocycles. The lowest BCUT2D eigenvalue weighted by atomic mass is 9.81. The average molecular weight is 268 g/mol. The second-order valence-corrected chi connectivity index (χ2v) is 6.75. The molecule has 1 aliphatic heterocycles. The highest BCUT2D eigenvalue weighted by molar-refractivity contribution is 4.88. The molecule has 1 saturated heterocycles. The summed E-state index contributed by atoms with van der Waals surface area (Å²) in [6.45, 7) is 4.17. The Balaban J connectivity index is 1.91. The Morgan fingerprint density at radius 3 is 2.47 bits per heavy atom. The van der Waals surface area contributed by atoms with Gasteiger partial charge in [-0.2, -0.15) is 0 Å². The summed E-state index contributed by atoms with van der Waals surface area (Å²) in [7, 11) is 4.41. The van der Waals surface area contributed by atoms with Crippen LogP contribution in [0.4, 0.5) is 0 Å². The first kappa shape index (κ1) is 15.3. The highest BCUT2D eigenvalue weighted by Gasteiger charge is 2.34. The first-order valence-electron chi connectivity index (χ1n) is 8.18. The fraction of sp³-hybridized carbons (Fsp3) is 1.00. The zero-order valence-electron chi connectivity index (χ0n) is 12.9. The molecule has 0 spiro atoms. The summed E-state index contributed by atoms with van der Waals surface area (Å²) >= 11 is 0. The maximum Gasteiger partial charge on any atom is 0.0546 e. The molecular weight excluding hydrogens is 236 g/mol. The standard InChI is InChI=1S/C16H32N2O/c1-17-12-16(10-7-11-19-14-16)13-18(2)15-8-5-3-4-6-9-15/h15,17H,3-14H2,1-2H3. The van der Waals surface area contributed by atoms with E-state index in [1.807, 2.05) is 0 Å². The third kappa shape index (κ3) is 4.44. The lowest BCUT2D eigenvalue weighted by Crippen LogP contribution is -2.49. The molecule has 0 aromatic heterocycles. The Bertz CT molecular complexity index is 238. The number of hydrogen-bond acceptors (Lipinski definition) is 3. The molecular formula is C16H32N2O. The maximum atomic E-state index is 5.78. The van der Waals surface area contributed by atoms with E-state index in [9.17, 15) is 0 Å². The molecule has 2 rings (SSSR count). The summed E-state index contributed by atoms with van der Waals surface area (Å²) in [6.07, 6.45) is 11.0. The Morgan fingerprint density at radius 2 is 1.89 bits per heavy atom. The fourth-order valence-electron chi connectivity index (χ4n) is 3.96. The second-order valence-electron chi connectivity index (χ2n) is 6.75. The topological polar surface area (TPSA) is 24.5 Å². The van der Waals surface area contributed by atoms with Crippen molar-refractivity contribution in [3.05, 3.63) is 0 Å². The molecule has 1 N–H and O–H groups in total. The van der Waals surface area contributed by atoms with Gasteiger partial charge in [-0.1, -0.05) is 25.7 Å². The van der Waals surface area contributed by atoms with Gasteiger partial charge in [-0.05, 0) is 39.8 Å². The lowest BCUT2D eigenvalue weighted by molar-refractivity contribution is -0.0283. The van der Waals surface area contributed by atoms with Crippen molar-refractivity contribution in [1.29, 1.82) is 0 Å². The molecule has 1 aliphatic carbocycles. The van der Waals surface area contributed by atoms with Crippen molar-refractivity contribution in [3.8, 4) is 0 Å². The molecule has 0 aromatic rings. The van der Waals surface area contributed by atoms with E-state index in [0.29, 0.717) is 5.41 Å². The van der Waals surface area contributed by atoms with E-state index in [2.05, 4.69) is 24.3 Å². The summed E-state index contributed by atoms with van der Waals surface area (Å²) in [5.41, 5.74) is 0.341. The highest BCUT2D eigenvalue weighted by atomic mass is 16.5. The van der Waals surface area contributed by atoms with Crippen molar-refractivity contribution in [2.24, 2.45) is 5.41 Å². The zero-order valence-corrected chi connectivity index (χ0v) is 12.9. The minimum Gasteiger partial charge on any atom is -0.381 e. The van der Waals surface area contributed by atoms with Crippen LogP contribution in [0.1, 0.15) is 51.4 Å². The Morgan fingerprint density at radius 1 is 1.16 bits per heavy atom. The van der Waals surface area contributed by atoms with Gasteiger partial charge in [-0.25, -0.2) is 0 Å². The summed E-state index contributed by atoms with van der Waals surface area (Å²) < 4.78 is 5.78. The number of ether oxygens (including phenoxy) is 1. The monoisotopic (exact) mass is 268 g/mol. The molecule has 0 amide bonds. The second kappa shape index (κ2) is 7.61. The van der Waals surface area contributed by atoms with Crippen LogP contribution < -0.4 is 5.32 Å². The van der Waals surface area contributed by atoms with Crippen molar-refractivity contribution >= 4 is 0 Å². The van der Waals surface area contributed by atoms with Crippen LogP contribution in [0.3, 0.4) is 0 Å². The molecule has 3 nitrogen and oxygen atoms in total. The van der Waals surface area contributed by atoms with Gasteiger partial charge < -0.3 is 15.0 Å². The van der Waals surface area contributed by atoms with Crippen LogP contribution >= 0.6 is 0 Å². The third-order valence-electron chi connectivity index (χ3n) is 4.99. The molecule has 1 unspecified atom stereocenters. The summed E-state index contributed by atoms with van der Waals surface area (Å²) in [5.74, 6) is 0. The van der Waals surface area contributed by atoms with Gasteiger partial charge in [0.15, 0.2) is 0 Å². The quantitative estimate of drug-likeness (QED) is 0.776. The molecule has 1 heterocycles. The van der Waals surface area contributed by atoms with Gasteiger partial charge in [0.2, 0.25) is 0 Å². The molecule has 19 heavy (non-hydrogen) atoms. The number of nitrogens with one attached hydrogen (secondary N) is 1. The van der Waals surface area contributed by atoms with E-state index in [1.54, 1.807) is 0 Å². The Labute approximate surface area is 119 Å². The van der Waals surface area contributed by atoms with Gasteiger partial charge >= 0.3 is 0 Å². The number of hydrogen-bond donors (Lipinski definition) is 1. The van der Waals surface area contributed by atoms with Crippen LogP contribution in [0.5, 0.6) is 0 Å². The number of rotatable bonds is 5. The highest BCUT2D eigenvalue weighted by Crippen LogP contribution is 2.31. The first-order valence-corrected chi connectivity index (χ1v) is 8.18. The zero-order chi connectivity index (χ0) is 13.6.